The van der Waals surface area contributed by atoms with Crippen LogP contribution in [0.4, 0.5) is 11.4 Å². The van der Waals surface area contributed by atoms with Crippen molar-refractivity contribution < 1.29 is 9.47 Å². The molecule has 0 radical (unpaired) electrons. The Hall–Kier alpha value is -6.78. The second-order valence-electron chi connectivity index (χ2n) is 12.9. The number of benzene rings is 7. The molecule has 2 aliphatic rings. The van der Waals surface area contributed by atoms with Gasteiger partial charge in [-0.25, -0.2) is 0 Å². The van der Waals surface area contributed by atoms with Crippen LogP contribution in [0.1, 0.15) is 0 Å². The van der Waals surface area contributed by atoms with Gasteiger partial charge in [-0.05, 0) is 91.0 Å². The van der Waals surface area contributed by atoms with Gasteiger partial charge < -0.3 is 19.3 Å². The molecule has 250 valence electrons. The van der Waals surface area contributed by atoms with Crippen molar-refractivity contribution in [3.8, 4) is 66.8 Å². The van der Waals surface area contributed by atoms with Gasteiger partial charge in [0.2, 0.25) is 0 Å². The molecule has 7 aromatic rings. The average molecular weight is 673 g/mol. The van der Waals surface area contributed by atoms with Crippen molar-refractivity contribution in [3.05, 3.63) is 195 Å². The van der Waals surface area contributed by atoms with Gasteiger partial charge in [0.05, 0.1) is 0 Å². The van der Waals surface area contributed by atoms with E-state index in [2.05, 4.69) is 180 Å². The smallest absolute Gasteiger partial charge is 0.164 e. The molecular weight excluding hydrogens is 637 g/mol. The first-order valence-electron chi connectivity index (χ1n) is 17.6. The largest absolute Gasteiger partial charge is 0.479 e. The molecule has 0 N–H and O–H groups in total. The van der Waals surface area contributed by atoms with Gasteiger partial charge in [0.15, 0.2) is 13.5 Å². The van der Waals surface area contributed by atoms with Crippen molar-refractivity contribution in [2.45, 2.75) is 0 Å². The van der Waals surface area contributed by atoms with E-state index in [1.54, 1.807) is 12.5 Å². The lowest BCUT2D eigenvalue weighted by Crippen LogP contribution is -2.12. The molecule has 0 aliphatic carbocycles. The van der Waals surface area contributed by atoms with Crippen LogP contribution in [0.15, 0.2) is 195 Å². The molecule has 7 aromatic carbocycles. The minimum Gasteiger partial charge on any atom is -0.479 e. The number of rotatable bonds is 8. The van der Waals surface area contributed by atoms with E-state index in [0.29, 0.717) is 13.5 Å². The Morgan fingerprint density at radius 3 is 0.769 bits per heavy atom. The lowest BCUT2D eigenvalue weighted by molar-refractivity contribution is 0.282. The highest BCUT2D eigenvalue weighted by Crippen LogP contribution is 2.56. The fourth-order valence-electron chi connectivity index (χ4n) is 7.43. The fourth-order valence-corrected chi connectivity index (χ4v) is 7.43. The Kier molecular flexibility index (Phi) is 8.32. The van der Waals surface area contributed by atoms with Gasteiger partial charge in [0.1, 0.15) is 12.5 Å². The molecule has 4 nitrogen and oxygen atoms in total. The lowest BCUT2D eigenvalue weighted by atomic mass is 9.74. The van der Waals surface area contributed by atoms with Gasteiger partial charge in [0.25, 0.3) is 0 Å². The zero-order valence-electron chi connectivity index (χ0n) is 28.6. The topological polar surface area (TPSA) is 24.9 Å². The van der Waals surface area contributed by atoms with Crippen LogP contribution in [0.2, 0.25) is 0 Å². The fraction of sp³-hybridized carbons (Fsp3) is 0.0417. The van der Waals surface area contributed by atoms with Crippen molar-refractivity contribution in [1.29, 1.82) is 0 Å². The predicted octanol–water partition coefficient (Wildman–Crippen LogP) is 12.2. The second-order valence-corrected chi connectivity index (χ2v) is 12.9. The standard InChI is InChI=1S/C48H36N2O2/c1-5-13-35(14-6-1)43-44(36-15-7-2-8-16-36)48(40-23-27-42(28-24-40)50-30-32-52-34-50)46(38-19-11-4-12-20-38)45(37-17-9-3-10-18-37)47(43)39-21-25-41(26-22-39)49-29-31-51-33-49/h1-32H,33-34H2. The van der Waals surface area contributed by atoms with Crippen LogP contribution < -0.4 is 9.80 Å². The first kappa shape index (κ1) is 31.2. The number of hydrogen-bond donors (Lipinski definition) is 0. The SMILES string of the molecule is C1=CN(c2ccc(-c3c(-c4ccccc4)c(-c4ccccc4)c(-c4ccc(N5C=COC5)cc4)c(-c4ccccc4)c3-c3ccccc3)cc2)CO1. The predicted molar refractivity (Wildman–Crippen MR) is 214 cm³/mol. The molecule has 0 saturated carbocycles. The van der Waals surface area contributed by atoms with Crippen LogP contribution in [0.25, 0.3) is 66.8 Å². The third kappa shape index (κ3) is 5.80. The summed E-state index contributed by atoms with van der Waals surface area (Å²) in [7, 11) is 0. The average Bonchev–Trinajstić information content (AvgIpc) is 3.98. The second kappa shape index (κ2) is 13.9. The summed E-state index contributed by atoms with van der Waals surface area (Å²) in [6, 6.07) is 61.3. The Labute approximate surface area is 304 Å². The van der Waals surface area contributed by atoms with E-state index in [1.165, 1.54) is 33.4 Å². The maximum Gasteiger partial charge on any atom is 0.164 e. The van der Waals surface area contributed by atoms with Crippen LogP contribution in [0, 0.1) is 0 Å². The summed E-state index contributed by atoms with van der Waals surface area (Å²) in [4.78, 5) is 4.23. The third-order valence-electron chi connectivity index (χ3n) is 9.83. The van der Waals surface area contributed by atoms with Crippen LogP contribution in [0.3, 0.4) is 0 Å². The van der Waals surface area contributed by atoms with E-state index in [1.807, 2.05) is 12.4 Å². The molecule has 52 heavy (non-hydrogen) atoms. The lowest BCUT2D eigenvalue weighted by Gasteiger charge is -2.29. The summed E-state index contributed by atoms with van der Waals surface area (Å²) < 4.78 is 11.1. The first-order valence-corrected chi connectivity index (χ1v) is 17.6. The van der Waals surface area contributed by atoms with E-state index in [9.17, 15) is 0 Å². The molecular formula is C48H36N2O2. The normalized spacial score (nSPS) is 13.3. The summed E-state index contributed by atoms with van der Waals surface area (Å²) in [6.45, 7) is 1.02. The molecule has 0 bridgehead atoms. The zero-order chi connectivity index (χ0) is 34.7. The zero-order valence-corrected chi connectivity index (χ0v) is 28.6. The molecule has 0 unspecified atom stereocenters. The van der Waals surface area contributed by atoms with Gasteiger partial charge in [-0.15, -0.1) is 0 Å². The van der Waals surface area contributed by atoms with Gasteiger partial charge in [-0.3, -0.25) is 0 Å². The molecule has 0 fully saturated rings. The first-order chi connectivity index (χ1) is 25.8. The third-order valence-corrected chi connectivity index (χ3v) is 9.83. The number of anilines is 2. The summed E-state index contributed by atoms with van der Waals surface area (Å²) in [5.41, 5.74) is 16.2. The molecule has 2 aliphatic heterocycles. The Morgan fingerprint density at radius 1 is 0.288 bits per heavy atom. The van der Waals surface area contributed by atoms with Gasteiger partial charge in [0, 0.05) is 23.8 Å². The van der Waals surface area contributed by atoms with Crippen molar-refractivity contribution in [1.82, 2.24) is 0 Å². The Morgan fingerprint density at radius 2 is 0.538 bits per heavy atom. The van der Waals surface area contributed by atoms with E-state index in [-0.39, 0.29) is 0 Å². The molecule has 9 rings (SSSR count). The van der Waals surface area contributed by atoms with E-state index >= 15 is 0 Å². The van der Waals surface area contributed by atoms with Crippen LogP contribution in [-0.4, -0.2) is 13.5 Å². The van der Waals surface area contributed by atoms with Crippen molar-refractivity contribution in [2.75, 3.05) is 23.3 Å². The maximum absolute atomic E-state index is 5.53. The molecule has 0 spiro atoms. The molecule has 0 atom stereocenters. The summed E-state index contributed by atoms with van der Waals surface area (Å²) in [6.07, 6.45) is 7.45. The summed E-state index contributed by atoms with van der Waals surface area (Å²) in [5.74, 6) is 0. The minimum absolute atomic E-state index is 0.509. The minimum atomic E-state index is 0.509. The van der Waals surface area contributed by atoms with Crippen molar-refractivity contribution in [2.24, 2.45) is 0 Å². The molecule has 2 heterocycles. The maximum atomic E-state index is 5.53. The van der Waals surface area contributed by atoms with Crippen molar-refractivity contribution >= 4 is 11.4 Å². The van der Waals surface area contributed by atoms with Gasteiger partial charge in [-0.2, -0.15) is 0 Å². The molecule has 0 amide bonds. The number of nitrogens with zero attached hydrogens (tertiary/aromatic N) is 2. The highest BCUT2D eigenvalue weighted by molar-refractivity contribution is 6.15. The molecule has 0 saturated heterocycles. The van der Waals surface area contributed by atoms with E-state index in [0.717, 1.165) is 44.8 Å². The summed E-state index contributed by atoms with van der Waals surface area (Å²) >= 11 is 0. The Bertz CT molecular complexity index is 2100. The van der Waals surface area contributed by atoms with Crippen LogP contribution in [0.5, 0.6) is 0 Å². The van der Waals surface area contributed by atoms with Crippen LogP contribution in [-0.2, 0) is 9.47 Å². The Balaban J connectivity index is 1.46. The highest BCUT2D eigenvalue weighted by atomic mass is 16.5. The van der Waals surface area contributed by atoms with Crippen LogP contribution >= 0.6 is 0 Å². The van der Waals surface area contributed by atoms with Gasteiger partial charge in [-0.1, -0.05) is 146 Å². The van der Waals surface area contributed by atoms with Gasteiger partial charge >= 0.3 is 0 Å². The molecule has 4 heteroatoms. The van der Waals surface area contributed by atoms with E-state index < -0.39 is 0 Å². The van der Waals surface area contributed by atoms with Crippen molar-refractivity contribution in [3.63, 3.8) is 0 Å². The van der Waals surface area contributed by atoms with E-state index in [4.69, 9.17) is 9.47 Å². The molecule has 0 aromatic heterocycles. The monoisotopic (exact) mass is 672 g/mol. The summed E-state index contributed by atoms with van der Waals surface area (Å²) in [5, 5.41) is 0. The quantitative estimate of drug-likeness (QED) is 0.160. The number of ether oxygens (including phenoxy) is 2. The number of hydrogen-bond acceptors (Lipinski definition) is 4. The highest BCUT2D eigenvalue weighted by Gasteiger charge is 2.29.